The number of hydrogen-bond acceptors (Lipinski definition) is 1. The van der Waals surface area contributed by atoms with Crippen LogP contribution in [0.15, 0.2) is 48.5 Å². The molecule has 0 saturated carbocycles. The molecule has 1 nitrogen and oxygen atoms in total. The standard InChI is InChI=1S/C18H21IO/c1-18(2,3)16-7-5-4-6-15(16)17(20)12-13-8-10-14(19)11-9-13/h4-11,17,20H,12H2,1-3H3. The molecule has 2 aromatic rings. The van der Waals surface area contributed by atoms with Crippen LogP contribution in [0.4, 0.5) is 0 Å². The van der Waals surface area contributed by atoms with Gasteiger partial charge in [-0.15, -0.1) is 0 Å². The monoisotopic (exact) mass is 380 g/mol. The van der Waals surface area contributed by atoms with Crippen molar-refractivity contribution in [3.63, 3.8) is 0 Å². The maximum Gasteiger partial charge on any atom is 0.0833 e. The Kier molecular flexibility index (Phi) is 4.86. The Labute approximate surface area is 135 Å². The van der Waals surface area contributed by atoms with E-state index in [4.69, 9.17) is 0 Å². The summed E-state index contributed by atoms with van der Waals surface area (Å²) in [6.45, 7) is 6.55. The molecule has 106 valence electrons. The summed E-state index contributed by atoms with van der Waals surface area (Å²) in [6.07, 6.45) is 0.204. The topological polar surface area (TPSA) is 20.2 Å². The summed E-state index contributed by atoms with van der Waals surface area (Å²) >= 11 is 2.30. The Balaban J connectivity index is 2.25. The minimum Gasteiger partial charge on any atom is -0.388 e. The van der Waals surface area contributed by atoms with E-state index in [-0.39, 0.29) is 5.41 Å². The first-order valence-electron chi connectivity index (χ1n) is 6.90. The second-order valence-corrected chi connectivity index (χ2v) is 7.43. The molecule has 0 fully saturated rings. The van der Waals surface area contributed by atoms with E-state index in [1.54, 1.807) is 0 Å². The maximum absolute atomic E-state index is 10.6. The molecule has 1 N–H and O–H groups in total. The van der Waals surface area contributed by atoms with Gasteiger partial charge in [0.25, 0.3) is 0 Å². The van der Waals surface area contributed by atoms with Crippen LogP contribution < -0.4 is 0 Å². The third kappa shape index (κ3) is 3.83. The zero-order valence-corrected chi connectivity index (χ0v) is 14.4. The molecular formula is C18H21IO. The number of rotatable bonds is 3. The van der Waals surface area contributed by atoms with E-state index < -0.39 is 6.10 Å². The van der Waals surface area contributed by atoms with Crippen molar-refractivity contribution in [2.75, 3.05) is 0 Å². The fourth-order valence-corrected chi connectivity index (χ4v) is 2.78. The van der Waals surface area contributed by atoms with Crippen molar-refractivity contribution in [3.05, 3.63) is 68.8 Å². The van der Waals surface area contributed by atoms with Crippen LogP contribution in [0.2, 0.25) is 0 Å². The van der Waals surface area contributed by atoms with Crippen LogP contribution in [0.25, 0.3) is 0 Å². The van der Waals surface area contributed by atoms with Gasteiger partial charge in [-0.05, 0) is 56.8 Å². The molecule has 0 aromatic heterocycles. The van der Waals surface area contributed by atoms with E-state index in [0.717, 1.165) is 5.56 Å². The maximum atomic E-state index is 10.6. The molecule has 0 bridgehead atoms. The van der Waals surface area contributed by atoms with Gasteiger partial charge in [0.1, 0.15) is 0 Å². The Morgan fingerprint density at radius 1 is 1.00 bits per heavy atom. The Morgan fingerprint density at radius 2 is 1.60 bits per heavy atom. The third-order valence-electron chi connectivity index (χ3n) is 3.47. The van der Waals surface area contributed by atoms with Gasteiger partial charge in [0.05, 0.1) is 6.10 Å². The van der Waals surface area contributed by atoms with Crippen LogP contribution in [0.5, 0.6) is 0 Å². The Hall–Kier alpha value is -0.870. The molecule has 2 aromatic carbocycles. The van der Waals surface area contributed by atoms with Gasteiger partial charge in [0.2, 0.25) is 0 Å². The van der Waals surface area contributed by atoms with Gasteiger partial charge >= 0.3 is 0 Å². The third-order valence-corrected chi connectivity index (χ3v) is 4.19. The summed E-state index contributed by atoms with van der Waals surface area (Å²) in [5, 5.41) is 10.6. The molecular weight excluding hydrogens is 359 g/mol. The predicted molar refractivity (Wildman–Crippen MR) is 93.0 cm³/mol. The van der Waals surface area contributed by atoms with Gasteiger partial charge in [-0.1, -0.05) is 57.2 Å². The molecule has 20 heavy (non-hydrogen) atoms. The number of hydrogen-bond donors (Lipinski definition) is 1. The molecule has 1 unspecified atom stereocenters. The van der Waals surface area contributed by atoms with Crippen molar-refractivity contribution >= 4 is 22.6 Å². The molecule has 0 aliphatic carbocycles. The van der Waals surface area contributed by atoms with Gasteiger partial charge in [-0.2, -0.15) is 0 Å². The number of benzene rings is 2. The largest absolute Gasteiger partial charge is 0.388 e. The molecule has 0 saturated heterocycles. The van der Waals surface area contributed by atoms with Crippen molar-refractivity contribution in [2.45, 2.75) is 38.7 Å². The number of aliphatic hydroxyl groups is 1. The quantitative estimate of drug-likeness (QED) is 0.754. The first kappa shape index (κ1) is 15.5. The van der Waals surface area contributed by atoms with E-state index >= 15 is 0 Å². The highest BCUT2D eigenvalue weighted by Gasteiger charge is 2.21. The first-order chi connectivity index (χ1) is 9.38. The molecule has 0 spiro atoms. The van der Waals surface area contributed by atoms with E-state index in [1.165, 1.54) is 14.7 Å². The van der Waals surface area contributed by atoms with Gasteiger partial charge in [-0.3, -0.25) is 0 Å². The van der Waals surface area contributed by atoms with E-state index in [2.05, 4.69) is 73.7 Å². The SMILES string of the molecule is CC(C)(C)c1ccccc1C(O)Cc1ccc(I)cc1. The molecule has 0 aliphatic rings. The summed E-state index contributed by atoms with van der Waals surface area (Å²) in [6, 6.07) is 16.5. The predicted octanol–water partition coefficient (Wildman–Crippen LogP) is 4.86. The lowest BCUT2D eigenvalue weighted by Crippen LogP contribution is -2.16. The van der Waals surface area contributed by atoms with Crippen LogP contribution in [0.1, 0.15) is 43.6 Å². The second-order valence-electron chi connectivity index (χ2n) is 6.18. The van der Waals surface area contributed by atoms with Gasteiger partial charge in [0, 0.05) is 9.99 Å². The molecule has 1 atom stereocenters. The second kappa shape index (κ2) is 6.27. The van der Waals surface area contributed by atoms with Crippen molar-refractivity contribution in [1.82, 2.24) is 0 Å². The molecule has 2 heteroatoms. The van der Waals surface area contributed by atoms with Crippen LogP contribution in [-0.4, -0.2) is 5.11 Å². The average molecular weight is 380 g/mol. The van der Waals surface area contributed by atoms with Crippen LogP contribution in [0.3, 0.4) is 0 Å². The minimum absolute atomic E-state index is 0.0453. The lowest BCUT2D eigenvalue weighted by molar-refractivity contribution is 0.176. The van der Waals surface area contributed by atoms with Crippen LogP contribution in [-0.2, 0) is 11.8 Å². The van der Waals surface area contributed by atoms with Gasteiger partial charge in [-0.25, -0.2) is 0 Å². The molecule has 0 radical (unpaired) electrons. The minimum atomic E-state index is -0.453. The van der Waals surface area contributed by atoms with Crippen LogP contribution >= 0.6 is 22.6 Å². The van der Waals surface area contributed by atoms with Crippen molar-refractivity contribution in [2.24, 2.45) is 0 Å². The highest BCUT2D eigenvalue weighted by Crippen LogP contribution is 2.31. The summed E-state index contributed by atoms with van der Waals surface area (Å²) in [5.74, 6) is 0. The average Bonchev–Trinajstić information content (AvgIpc) is 2.40. The summed E-state index contributed by atoms with van der Waals surface area (Å²) in [5.41, 5.74) is 3.47. The summed E-state index contributed by atoms with van der Waals surface area (Å²) in [7, 11) is 0. The zero-order valence-electron chi connectivity index (χ0n) is 12.2. The highest BCUT2D eigenvalue weighted by molar-refractivity contribution is 14.1. The Morgan fingerprint density at radius 3 is 2.20 bits per heavy atom. The highest BCUT2D eigenvalue weighted by atomic mass is 127. The zero-order chi connectivity index (χ0) is 14.8. The fourth-order valence-electron chi connectivity index (χ4n) is 2.42. The van der Waals surface area contributed by atoms with Crippen molar-refractivity contribution in [3.8, 4) is 0 Å². The summed E-state index contributed by atoms with van der Waals surface area (Å²) in [4.78, 5) is 0. The molecule has 0 amide bonds. The molecule has 0 aliphatic heterocycles. The fraction of sp³-hybridized carbons (Fsp3) is 0.333. The normalized spacial score (nSPS) is 13.2. The smallest absolute Gasteiger partial charge is 0.0833 e. The van der Waals surface area contributed by atoms with Crippen molar-refractivity contribution in [1.29, 1.82) is 0 Å². The first-order valence-corrected chi connectivity index (χ1v) is 7.98. The van der Waals surface area contributed by atoms with E-state index in [0.29, 0.717) is 6.42 Å². The molecule has 2 rings (SSSR count). The van der Waals surface area contributed by atoms with Crippen LogP contribution in [0, 0.1) is 3.57 Å². The van der Waals surface area contributed by atoms with E-state index in [1.807, 2.05) is 18.2 Å². The number of halogens is 1. The summed E-state index contributed by atoms with van der Waals surface area (Å²) < 4.78 is 1.22. The lowest BCUT2D eigenvalue weighted by atomic mass is 9.81. The van der Waals surface area contributed by atoms with Gasteiger partial charge in [0.15, 0.2) is 0 Å². The van der Waals surface area contributed by atoms with E-state index in [9.17, 15) is 5.11 Å². The molecule has 0 heterocycles. The lowest BCUT2D eigenvalue weighted by Gasteiger charge is -2.25. The van der Waals surface area contributed by atoms with Crippen molar-refractivity contribution < 1.29 is 5.11 Å². The number of aliphatic hydroxyl groups excluding tert-OH is 1. The van der Waals surface area contributed by atoms with Gasteiger partial charge < -0.3 is 5.11 Å². The Bertz CT molecular complexity index is 567.